The van der Waals surface area contributed by atoms with Gasteiger partial charge >= 0.3 is 6.01 Å². The molecule has 1 unspecified atom stereocenters. The molecule has 4 saturated heterocycles. The lowest BCUT2D eigenvalue weighted by atomic mass is 9.86. The first-order chi connectivity index (χ1) is 23.0. The standard InChI is InChI=1S/C36H33F4N5O3/c1-2-23-26(37)6-5-21-13-22(46)14-24(27(21)23)29-28(38)30-25(15-41-29)31(44-10-4-8-35(19-44)9-12-48-35)43-32(42-30)47-20-34-7-3-11-45(34)18-33(16-34)17-36(33,39)40/h1,5-6,13-15,46H,3-4,7-12,16-20H2/t33-,34-,35?/m0/s1. The van der Waals surface area contributed by atoms with E-state index in [4.69, 9.17) is 20.9 Å². The van der Waals surface area contributed by atoms with E-state index in [2.05, 4.69) is 20.8 Å². The zero-order valence-electron chi connectivity index (χ0n) is 26.2. The lowest BCUT2D eigenvalue weighted by Crippen LogP contribution is -2.56. The Hall–Kier alpha value is -4.21. The highest BCUT2D eigenvalue weighted by Crippen LogP contribution is 2.69. The molecule has 8 nitrogen and oxygen atoms in total. The van der Waals surface area contributed by atoms with Gasteiger partial charge in [-0.25, -0.2) is 17.6 Å². The molecular formula is C36H33F4N5O3. The third-order valence-electron chi connectivity index (χ3n) is 11.5. The molecule has 12 heteroatoms. The number of fused-ring (bicyclic) bond motifs is 3. The molecule has 0 bridgehead atoms. The van der Waals surface area contributed by atoms with E-state index in [0.717, 1.165) is 38.6 Å². The monoisotopic (exact) mass is 659 g/mol. The molecule has 9 rings (SSSR count). The van der Waals surface area contributed by atoms with Gasteiger partial charge in [0.05, 0.1) is 34.1 Å². The molecule has 248 valence electrons. The van der Waals surface area contributed by atoms with Gasteiger partial charge < -0.3 is 19.5 Å². The summed E-state index contributed by atoms with van der Waals surface area (Å²) in [6, 6.07) is 5.33. The van der Waals surface area contributed by atoms with Crippen molar-refractivity contribution in [2.45, 2.75) is 62.0 Å². The van der Waals surface area contributed by atoms with Crippen LogP contribution in [0.15, 0.2) is 30.5 Å². The van der Waals surface area contributed by atoms with Crippen molar-refractivity contribution in [1.29, 1.82) is 0 Å². The fraction of sp³-hybridized carbons (Fsp3) is 0.472. The van der Waals surface area contributed by atoms with E-state index in [-0.39, 0.29) is 58.1 Å². The number of halogens is 4. The Morgan fingerprint density at radius 2 is 1.85 bits per heavy atom. The zero-order valence-corrected chi connectivity index (χ0v) is 26.2. The molecule has 6 heterocycles. The highest BCUT2D eigenvalue weighted by atomic mass is 19.3. The summed E-state index contributed by atoms with van der Waals surface area (Å²) in [4.78, 5) is 18.0. The molecule has 4 aromatic rings. The van der Waals surface area contributed by atoms with E-state index in [1.165, 1.54) is 30.5 Å². The van der Waals surface area contributed by atoms with Gasteiger partial charge in [-0.1, -0.05) is 12.0 Å². The molecular weight excluding hydrogens is 626 g/mol. The highest BCUT2D eigenvalue weighted by molar-refractivity contribution is 6.03. The van der Waals surface area contributed by atoms with Crippen LogP contribution in [-0.2, 0) is 4.74 Å². The maximum Gasteiger partial charge on any atom is 0.319 e. The van der Waals surface area contributed by atoms with Crippen molar-refractivity contribution >= 4 is 27.5 Å². The highest BCUT2D eigenvalue weighted by Gasteiger charge is 2.77. The minimum Gasteiger partial charge on any atom is -0.508 e. The second-order valence-electron chi connectivity index (χ2n) is 14.4. The Balaban J connectivity index is 1.16. The lowest BCUT2D eigenvalue weighted by Gasteiger charge is -2.48. The Bertz CT molecular complexity index is 2070. The summed E-state index contributed by atoms with van der Waals surface area (Å²) in [6.07, 6.45) is 11.7. The molecule has 2 aromatic carbocycles. The first-order valence-corrected chi connectivity index (χ1v) is 16.5. The maximum atomic E-state index is 16.9. The number of terminal acetylenes is 1. The number of hydrogen-bond acceptors (Lipinski definition) is 8. The van der Waals surface area contributed by atoms with Crippen LogP contribution >= 0.6 is 0 Å². The van der Waals surface area contributed by atoms with Crippen LogP contribution in [0.3, 0.4) is 0 Å². The van der Waals surface area contributed by atoms with Crippen molar-refractivity contribution in [3.8, 4) is 35.4 Å². The van der Waals surface area contributed by atoms with Crippen LogP contribution in [-0.4, -0.2) is 81.4 Å². The number of phenols is 1. The molecule has 48 heavy (non-hydrogen) atoms. The predicted octanol–water partition coefficient (Wildman–Crippen LogP) is 6.21. The van der Waals surface area contributed by atoms with Crippen LogP contribution in [0.4, 0.5) is 23.4 Å². The Labute approximate surface area is 274 Å². The number of anilines is 1. The van der Waals surface area contributed by atoms with Crippen LogP contribution < -0.4 is 9.64 Å². The third kappa shape index (κ3) is 4.33. The average molecular weight is 660 g/mol. The molecule has 1 saturated carbocycles. The van der Waals surface area contributed by atoms with Crippen molar-refractivity contribution in [3.63, 3.8) is 0 Å². The largest absolute Gasteiger partial charge is 0.508 e. The molecule has 0 amide bonds. The van der Waals surface area contributed by atoms with Gasteiger partial charge in [-0.2, -0.15) is 9.97 Å². The van der Waals surface area contributed by atoms with Gasteiger partial charge in [0.2, 0.25) is 0 Å². The topological polar surface area (TPSA) is 83.8 Å². The van der Waals surface area contributed by atoms with Crippen molar-refractivity contribution < 1.29 is 32.1 Å². The molecule has 0 radical (unpaired) electrons. The van der Waals surface area contributed by atoms with Crippen LogP contribution in [0, 0.1) is 29.4 Å². The number of ether oxygens (including phenoxy) is 2. The molecule has 1 N–H and O–H groups in total. The number of aromatic hydroxyl groups is 1. The van der Waals surface area contributed by atoms with Crippen molar-refractivity contribution in [2.24, 2.45) is 5.41 Å². The van der Waals surface area contributed by atoms with E-state index in [1.807, 2.05) is 4.90 Å². The van der Waals surface area contributed by atoms with Gasteiger partial charge in [0.15, 0.2) is 5.82 Å². The predicted molar refractivity (Wildman–Crippen MR) is 170 cm³/mol. The average Bonchev–Trinajstić information content (AvgIpc) is 3.27. The summed E-state index contributed by atoms with van der Waals surface area (Å²) < 4.78 is 73.0. The Kier molecular flexibility index (Phi) is 6.32. The molecule has 3 atom stereocenters. The fourth-order valence-corrected chi connectivity index (χ4v) is 8.91. The quantitative estimate of drug-likeness (QED) is 0.200. The van der Waals surface area contributed by atoms with Gasteiger partial charge in [-0.3, -0.25) is 9.88 Å². The summed E-state index contributed by atoms with van der Waals surface area (Å²) >= 11 is 0. The normalized spacial score (nSPS) is 29.0. The van der Waals surface area contributed by atoms with Crippen molar-refractivity contribution in [3.05, 3.63) is 47.7 Å². The zero-order chi connectivity index (χ0) is 33.1. The van der Waals surface area contributed by atoms with Gasteiger partial charge in [0.25, 0.3) is 5.92 Å². The number of nitrogens with zero attached hydrogens (tertiary/aromatic N) is 5. The third-order valence-corrected chi connectivity index (χ3v) is 11.5. The summed E-state index contributed by atoms with van der Waals surface area (Å²) in [6.45, 7) is 3.05. The number of aromatic nitrogens is 3. The number of hydrogen-bond donors (Lipinski definition) is 1. The van der Waals surface area contributed by atoms with E-state index < -0.39 is 28.5 Å². The molecule has 5 fully saturated rings. The number of phenolic OH excluding ortho intramolecular Hbond substituents is 1. The van der Waals surface area contributed by atoms with E-state index >= 15 is 4.39 Å². The number of rotatable bonds is 5. The first kappa shape index (κ1) is 29.9. The van der Waals surface area contributed by atoms with Gasteiger partial charge in [-0.05, 0) is 62.2 Å². The summed E-state index contributed by atoms with van der Waals surface area (Å²) in [5.74, 6) is -1.52. The Morgan fingerprint density at radius 3 is 2.60 bits per heavy atom. The van der Waals surface area contributed by atoms with Gasteiger partial charge in [-0.15, -0.1) is 6.42 Å². The second-order valence-corrected chi connectivity index (χ2v) is 14.4. The number of pyridine rings is 1. The fourth-order valence-electron chi connectivity index (χ4n) is 8.91. The number of piperidine rings is 1. The SMILES string of the molecule is C#Cc1c(F)ccc2cc(O)cc(-c3ncc4c(N5CCCC6(CCO6)C5)nc(OC[C@@]56CCCN5C[C@@]5(CC5(F)F)C6)nc4c3F)c12. The second kappa shape index (κ2) is 10.2. The summed E-state index contributed by atoms with van der Waals surface area (Å²) in [7, 11) is 0. The van der Waals surface area contributed by atoms with E-state index in [9.17, 15) is 18.3 Å². The lowest BCUT2D eigenvalue weighted by molar-refractivity contribution is -0.151. The molecule has 4 aliphatic heterocycles. The van der Waals surface area contributed by atoms with E-state index in [1.54, 1.807) is 0 Å². The molecule has 5 aliphatic rings. The summed E-state index contributed by atoms with van der Waals surface area (Å²) in [5.41, 5.74) is -2.08. The molecule has 2 aromatic heterocycles. The molecule has 2 spiro atoms. The van der Waals surface area contributed by atoms with Crippen molar-refractivity contribution in [1.82, 2.24) is 19.9 Å². The van der Waals surface area contributed by atoms with Crippen LogP contribution in [0.25, 0.3) is 32.9 Å². The molecule has 1 aliphatic carbocycles. The number of benzene rings is 2. The smallest absolute Gasteiger partial charge is 0.319 e. The van der Waals surface area contributed by atoms with Crippen LogP contribution in [0.5, 0.6) is 11.8 Å². The minimum atomic E-state index is -2.67. The van der Waals surface area contributed by atoms with Gasteiger partial charge in [0, 0.05) is 49.6 Å². The van der Waals surface area contributed by atoms with E-state index in [0.29, 0.717) is 49.3 Å². The minimum absolute atomic E-state index is 0.0661. The Morgan fingerprint density at radius 1 is 1.04 bits per heavy atom. The van der Waals surface area contributed by atoms with Crippen LogP contribution in [0.1, 0.15) is 50.5 Å². The first-order valence-electron chi connectivity index (χ1n) is 16.5. The number of alkyl halides is 2. The maximum absolute atomic E-state index is 16.9. The van der Waals surface area contributed by atoms with Gasteiger partial charge in [0.1, 0.15) is 35.2 Å². The summed E-state index contributed by atoms with van der Waals surface area (Å²) in [5, 5.41) is 11.6. The van der Waals surface area contributed by atoms with Crippen molar-refractivity contribution in [2.75, 3.05) is 44.3 Å². The van der Waals surface area contributed by atoms with Crippen LogP contribution in [0.2, 0.25) is 0 Å².